The van der Waals surface area contributed by atoms with Gasteiger partial charge in [-0.05, 0) is 42.5 Å². The summed E-state index contributed by atoms with van der Waals surface area (Å²) < 4.78 is 0.979. The summed E-state index contributed by atoms with van der Waals surface area (Å²) in [7, 11) is 0. The molecule has 24 heavy (non-hydrogen) atoms. The highest BCUT2D eigenvalue weighted by Gasteiger charge is 2.28. The SMILES string of the molecule is CC1(CNC(=O)CCSCC(=O)Nc2ccc(Br)cc2)CCCC1. The van der Waals surface area contributed by atoms with Crippen LogP contribution in [0.2, 0.25) is 0 Å². The minimum Gasteiger partial charge on any atom is -0.356 e. The molecule has 132 valence electrons. The van der Waals surface area contributed by atoms with Crippen molar-refractivity contribution >= 4 is 45.2 Å². The number of halogens is 1. The summed E-state index contributed by atoms with van der Waals surface area (Å²) in [5, 5.41) is 5.88. The number of hydrogen-bond donors (Lipinski definition) is 2. The predicted molar refractivity (Wildman–Crippen MR) is 104 cm³/mol. The lowest BCUT2D eigenvalue weighted by molar-refractivity contribution is -0.121. The Morgan fingerprint density at radius 2 is 1.83 bits per heavy atom. The van der Waals surface area contributed by atoms with Gasteiger partial charge in [-0.2, -0.15) is 11.8 Å². The van der Waals surface area contributed by atoms with Gasteiger partial charge in [-0.25, -0.2) is 0 Å². The third kappa shape index (κ3) is 6.85. The zero-order valence-corrected chi connectivity index (χ0v) is 16.5. The minimum atomic E-state index is -0.0406. The van der Waals surface area contributed by atoms with E-state index < -0.39 is 0 Å². The van der Waals surface area contributed by atoms with Crippen molar-refractivity contribution in [1.82, 2.24) is 5.32 Å². The molecule has 1 fully saturated rings. The topological polar surface area (TPSA) is 58.2 Å². The smallest absolute Gasteiger partial charge is 0.234 e. The van der Waals surface area contributed by atoms with Crippen LogP contribution in [0, 0.1) is 5.41 Å². The predicted octanol–water partition coefficient (Wildman–Crippen LogP) is 4.21. The van der Waals surface area contributed by atoms with Crippen LogP contribution in [0.1, 0.15) is 39.0 Å². The van der Waals surface area contributed by atoms with Crippen LogP contribution in [0.3, 0.4) is 0 Å². The summed E-state index contributed by atoms with van der Waals surface area (Å²) in [5.41, 5.74) is 1.07. The molecule has 0 bridgehead atoms. The van der Waals surface area contributed by atoms with Gasteiger partial charge in [-0.3, -0.25) is 9.59 Å². The fourth-order valence-corrected chi connectivity index (χ4v) is 3.86. The largest absolute Gasteiger partial charge is 0.356 e. The molecule has 0 unspecified atom stereocenters. The molecule has 1 aromatic rings. The van der Waals surface area contributed by atoms with Crippen molar-refractivity contribution in [1.29, 1.82) is 0 Å². The van der Waals surface area contributed by atoms with Crippen LogP contribution in [-0.4, -0.2) is 29.9 Å². The van der Waals surface area contributed by atoms with E-state index in [-0.39, 0.29) is 17.2 Å². The molecule has 4 nitrogen and oxygen atoms in total. The zero-order valence-electron chi connectivity index (χ0n) is 14.1. The van der Waals surface area contributed by atoms with Gasteiger partial charge in [0.2, 0.25) is 11.8 Å². The molecule has 1 aliphatic carbocycles. The van der Waals surface area contributed by atoms with Crippen molar-refractivity contribution in [3.05, 3.63) is 28.7 Å². The van der Waals surface area contributed by atoms with Gasteiger partial charge in [0.05, 0.1) is 5.75 Å². The minimum absolute atomic E-state index is 0.0406. The second kappa shape index (κ2) is 9.47. The standard InChI is InChI=1S/C18H25BrN2O2S/c1-18(9-2-3-10-18)13-20-16(22)8-11-24-12-17(23)21-15-6-4-14(19)5-7-15/h4-7H,2-3,8-13H2,1H3,(H,20,22)(H,21,23). The van der Waals surface area contributed by atoms with Crippen molar-refractivity contribution in [2.45, 2.75) is 39.0 Å². The highest BCUT2D eigenvalue weighted by molar-refractivity contribution is 9.10. The number of rotatable bonds is 8. The number of nitrogens with one attached hydrogen (secondary N) is 2. The maximum Gasteiger partial charge on any atom is 0.234 e. The van der Waals surface area contributed by atoms with Crippen LogP contribution in [-0.2, 0) is 9.59 Å². The first-order valence-electron chi connectivity index (χ1n) is 8.37. The van der Waals surface area contributed by atoms with Gasteiger partial charge in [-0.1, -0.05) is 35.7 Å². The van der Waals surface area contributed by atoms with E-state index in [1.807, 2.05) is 24.3 Å². The third-order valence-corrected chi connectivity index (χ3v) is 5.85. The molecule has 1 saturated carbocycles. The molecule has 0 saturated heterocycles. The van der Waals surface area contributed by atoms with Crippen LogP contribution in [0.5, 0.6) is 0 Å². The molecule has 0 spiro atoms. The van der Waals surface area contributed by atoms with E-state index in [4.69, 9.17) is 0 Å². The summed E-state index contributed by atoms with van der Waals surface area (Å²) in [4.78, 5) is 23.7. The molecule has 0 aliphatic heterocycles. The fraction of sp³-hybridized carbons (Fsp3) is 0.556. The van der Waals surface area contributed by atoms with Gasteiger partial charge < -0.3 is 10.6 Å². The molecule has 2 rings (SSSR count). The van der Waals surface area contributed by atoms with Gasteiger partial charge >= 0.3 is 0 Å². The Labute approximate surface area is 156 Å². The van der Waals surface area contributed by atoms with Crippen molar-refractivity contribution < 1.29 is 9.59 Å². The zero-order chi connectivity index (χ0) is 17.4. The number of hydrogen-bond acceptors (Lipinski definition) is 3. The molecule has 1 aromatic carbocycles. The average molecular weight is 413 g/mol. The first-order valence-corrected chi connectivity index (χ1v) is 10.3. The van der Waals surface area contributed by atoms with Crippen LogP contribution in [0.15, 0.2) is 28.7 Å². The van der Waals surface area contributed by atoms with Crippen LogP contribution in [0.4, 0.5) is 5.69 Å². The first-order chi connectivity index (χ1) is 11.5. The molecule has 0 atom stereocenters. The molecule has 1 aliphatic rings. The van der Waals surface area contributed by atoms with E-state index in [0.29, 0.717) is 17.9 Å². The first kappa shape index (κ1) is 19.3. The van der Waals surface area contributed by atoms with Crippen molar-refractivity contribution in [3.63, 3.8) is 0 Å². The monoisotopic (exact) mass is 412 g/mol. The van der Waals surface area contributed by atoms with Gasteiger partial charge in [0.1, 0.15) is 0 Å². The Hall–Kier alpha value is -1.01. The van der Waals surface area contributed by atoms with E-state index in [9.17, 15) is 9.59 Å². The third-order valence-electron chi connectivity index (χ3n) is 4.36. The Balaban J connectivity index is 1.56. The van der Waals surface area contributed by atoms with Crippen LogP contribution >= 0.6 is 27.7 Å². The Morgan fingerprint density at radius 3 is 2.50 bits per heavy atom. The highest BCUT2D eigenvalue weighted by atomic mass is 79.9. The number of carbonyl (C=O) groups excluding carboxylic acids is 2. The summed E-state index contributed by atoms with van der Waals surface area (Å²) in [6, 6.07) is 7.48. The molecule has 0 heterocycles. The van der Waals surface area contributed by atoms with Crippen molar-refractivity contribution in [2.75, 3.05) is 23.4 Å². The molecule has 2 N–H and O–H groups in total. The van der Waals surface area contributed by atoms with Crippen molar-refractivity contribution in [2.24, 2.45) is 5.41 Å². The summed E-state index contributed by atoms with van der Waals surface area (Å²) in [6.07, 6.45) is 5.42. The van der Waals surface area contributed by atoms with Crippen molar-refractivity contribution in [3.8, 4) is 0 Å². The summed E-state index contributed by atoms with van der Waals surface area (Å²) in [6.45, 7) is 3.03. The van der Waals surface area contributed by atoms with E-state index >= 15 is 0 Å². The Morgan fingerprint density at radius 1 is 1.17 bits per heavy atom. The maximum absolute atomic E-state index is 11.9. The molecule has 0 radical (unpaired) electrons. The van der Waals surface area contributed by atoms with Gasteiger partial charge in [0, 0.05) is 28.9 Å². The van der Waals surface area contributed by atoms with E-state index in [1.54, 1.807) is 0 Å². The normalized spacial score (nSPS) is 15.9. The van der Waals surface area contributed by atoms with E-state index in [0.717, 1.165) is 16.7 Å². The molecule has 0 aromatic heterocycles. The van der Waals surface area contributed by atoms with E-state index in [1.165, 1.54) is 37.4 Å². The average Bonchev–Trinajstić information content (AvgIpc) is 2.99. The number of carbonyl (C=O) groups is 2. The van der Waals surface area contributed by atoms with Gasteiger partial charge in [-0.15, -0.1) is 0 Å². The fourth-order valence-electron chi connectivity index (χ4n) is 2.87. The number of amides is 2. The summed E-state index contributed by atoms with van der Waals surface area (Å²) in [5.74, 6) is 1.07. The van der Waals surface area contributed by atoms with Gasteiger partial charge in [0.15, 0.2) is 0 Å². The summed E-state index contributed by atoms with van der Waals surface area (Å²) >= 11 is 4.85. The second-order valence-corrected chi connectivity index (χ2v) is 8.67. The number of benzene rings is 1. The maximum atomic E-state index is 11.9. The van der Waals surface area contributed by atoms with E-state index in [2.05, 4.69) is 33.5 Å². The highest BCUT2D eigenvalue weighted by Crippen LogP contribution is 2.36. The molecular formula is C18H25BrN2O2S. The Kier molecular flexibility index (Phi) is 7.62. The molecule has 2 amide bonds. The van der Waals surface area contributed by atoms with Crippen LogP contribution in [0.25, 0.3) is 0 Å². The lowest BCUT2D eigenvalue weighted by Gasteiger charge is -2.23. The molecule has 6 heteroatoms. The number of thioether (sulfide) groups is 1. The lowest BCUT2D eigenvalue weighted by atomic mass is 9.89. The second-order valence-electron chi connectivity index (χ2n) is 6.65. The Bertz CT molecular complexity index is 557. The van der Waals surface area contributed by atoms with Crippen LogP contribution < -0.4 is 10.6 Å². The molecular weight excluding hydrogens is 388 g/mol. The quantitative estimate of drug-likeness (QED) is 0.628. The van der Waals surface area contributed by atoms with Gasteiger partial charge in [0.25, 0.3) is 0 Å². The lowest BCUT2D eigenvalue weighted by Crippen LogP contribution is -2.34. The number of anilines is 1.